The van der Waals surface area contributed by atoms with Crippen molar-refractivity contribution in [2.75, 3.05) is 13.6 Å². The summed E-state index contributed by atoms with van der Waals surface area (Å²) in [6.45, 7) is 1.07. The molecule has 0 amide bonds. The lowest BCUT2D eigenvalue weighted by Crippen LogP contribution is -2.32. The van der Waals surface area contributed by atoms with Crippen LogP contribution in [0.1, 0.15) is 12.8 Å². The molecule has 0 aromatic carbocycles. The number of rotatable bonds is 3. The van der Waals surface area contributed by atoms with E-state index in [4.69, 9.17) is 0 Å². The number of aldehydes is 1. The lowest BCUT2D eigenvalue weighted by molar-refractivity contribution is -0.114. The van der Waals surface area contributed by atoms with Gasteiger partial charge in [0.25, 0.3) is 0 Å². The molecule has 9 heavy (non-hydrogen) atoms. The minimum absolute atomic E-state index is 0.378. The summed E-state index contributed by atoms with van der Waals surface area (Å²) >= 11 is 0. The normalized spacial score (nSPS) is 33.4. The van der Waals surface area contributed by atoms with E-state index in [0.29, 0.717) is 5.92 Å². The van der Waals surface area contributed by atoms with Crippen LogP contribution in [0.3, 0.4) is 0 Å². The van der Waals surface area contributed by atoms with E-state index >= 15 is 0 Å². The molecule has 0 saturated heterocycles. The molecule has 1 saturated carbocycles. The van der Waals surface area contributed by atoms with Gasteiger partial charge in [-0.2, -0.15) is 0 Å². The topological polar surface area (TPSA) is 29.1 Å². The highest BCUT2D eigenvalue weighted by Crippen LogP contribution is 2.30. The van der Waals surface area contributed by atoms with Crippen molar-refractivity contribution in [2.24, 2.45) is 11.8 Å². The molecule has 2 heteroatoms. The third-order valence-electron chi connectivity index (χ3n) is 1.96. The first kappa shape index (κ1) is 6.75. The third kappa shape index (κ3) is 1.52. The van der Waals surface area contributed by atoms with E-state index in [-0.39, 0.29) is 0 Å². The molecule has 0 heterocycles. The third-order valence-corrected chi connectivity index (χ3v) is 1.96. The zero-order chi connectivity index (χ0) is 6.69. The Morgan fingerprint density at radius 3 is 2.78 bits per heavy atom. The van der Waals surface area contributed by atoms with E-state index in [0.717, 1.165) is 31.6 Å². The summed E-state index contributed by atoms with van der Waals surface area (Å²) in [4.78, 5) is 10.1. The molecule has 0 aromatic heterocycles. The van der Waals surface area contributed by atoms with Gasteiger partial charge in [-0.15, -0.1) is 0 Å². The van der Waals surface area contributed by atoms with Gasteiger partial charge in [0, 0.05) is 5.92 Å². The molecule has 0 spiro atoms. The Balaban J connectivity index is 2.04. The summed E-state index contributed by atoms with van der Waals surface area (Å²) < 4.78 is 0. The van der Waals surface area contributed by atoms with Gasteiger partial charge in [0.05, 0.1) is 0 Å². The van der Waals surface area contributed by atoms with Gasteiger partial charge in [0.2, 0.25) is 0 Å². The Labute approximate surface area is 55.6 Å². The van der Waals surface area contributed by atoms with Crippen LogP contribution in [0.2, 0.25) is 0 Å². The predicted octanol–water partition coefficient (Wildman–Crippen LogP) is 0.431. The fraction of sp³-hybridized carbons (Fsp3) is 0.857. The summed E-state index contributed by atoms with van der Waals surface area (Å²) in [6, 6.07) is 0. The summed E-state index contributed by atoms with van der Waals surface area (Å²) in [5.74, 6) is 1.15. The molecule has 1 aliphatic carbocycles. The highest BCUT2D eigenvalue weighted by molar-refractivity contribution is 5.54. The van der Waals surface area contributed by atoms with Crippen molar-refractivity contribution in [3.05, 3.63) is 0 Å². The zero-order valence-electron chi connectivity index (χ0n) is 5.76. The van der Waals surface area contributed by atoms with E-state index < -0.39 is 0 Å². The van der Waals surface area contributed by atoms with E-state index in [1.54, 1.807) is 0 Å². The smallest absolute Gasteiger partial charge is 0.123 e. The highest BCUT2D eigenvalue weighted by Gasteiger charge is 2.27. The van der Waals surface area contributed by atoms with Crippen LogP contribution in [0.25, 0.3) is 0 Å². The van der Waals surface area contributed by atoms with Crippen molar-refractivity contribution in [2.45, 2.75) is 12.8 Å². The van der Waals surface area contributed by atoms with Crippen LogP contribution in [0.15, 0.2) is 0 Å². The Morgan fingerprint density at radius 1 is 1.67 bits per heavy atom. The molecular formula is C7H13NO. The largest absolute Gasteiger partial charge is 0.319 e. The van der Waals surface area contributed by atoms with Crippen molar-refractivity contribution in [3.8, 4) is 0 Å². The Morgan fingerprint density at radius 2 is 2.33 bits per heavy atom. The molecule has 0 unspecified atom stereocenters. The maximum atomic E-state index is 10.1. The van der Waals surface area contributed by atoms with Crippen molar-refractivity contribution in [3.63, 3.8) is 0 Å². The minimum atomic E-state index is 0.378. The van der Waals surface area contributed by atoms with Gasteiger partial charge in [-0.3, -0.25) is 0 Å². The lowest BCUT2D eigenvalue weighted by atomic mass is 9.76. The lowest BCUT2D eigenvalue weighted by Gasteiger charge is -2.31. The number of nitrogens with one attached hydrogen (secondary N) is 1. The maximum Gasteiger partial charge on any atom is 0.123 e. The molecule has 0 aromatic rings. The van der Waals surface area contributed by atoms with Crippen molar-refractivity contribution >= 4 is 6.29 Å². The van der Waals surface area contributed by atoms with E-state index in [1.165, 1.54) is 0 Å². The molecule has 1 N–H and O–H groups in total. The molecule has 0 bridgehead atoms. The second-order valence-corrected chi connectivity index (χ2v) is 2.79. The average Bonchev–Trinajstić information content (AvgIpc) is 1.77. The first-order chi connectivity index (χ1) is 4.36. The van der Waals surface area contributed by atoms with Crippen LogP contribution in [0, 0.1) is 11.8 Å². The quantitative estimate of drug-likeness (QED) is 0.557. The van der Waals surface area contributed by atoms with Crippen molar-refractivity contribution in [1.82, 2.24) is 5.32 Å². The van der Waals surface area contributed by atoms with Gasteiger partial charge in [0.1, 0.15) is 6.29 Å². The Hall–Kier alpha value is -0.370. The van der Waals surface area contributed by atoms with Gasteiger partial charge >= 0.3 is 0 Å². The second-order valence-electron chi connectivity index (χ2n) is 2.79. The summed E-state index contributed by atoms with van der Waals surface area (Å²) in [6.07, 6.45) is 3.28. The predicted molar refractivity (Wildman–Crippen MR) is 36.2 cm³/mol. The number of carbonyl (C=O) groups excluding carboxylic acids is 1. The first-order valence-electron chi connectivity index (χ1n) is 3.46. The highest BCUT2D eigenvalue weighted by atomic mass is 16.1. The van der Waals surface area contributed by atoms with Gasteiger partial charge in [0.15, 0.2) is 0 Å². The summed E-state index contributed by atoms with van der Waals surface area (Å²) in [7, 11) is 1.95. The SMILES string of the molecule is CNCC1CC(C=O)C1. The minimum Gasteiger partial charge on any atom is -0.319 e. The monoisotopic (exact) mass is 127 g/mol. The van der Waals surface area contributed by atoms with Crippen LogP contribution in [-0.2, 0) is 4.79 Å². The number of hydrogen-bond donors (Lipinski definition) is 1. The maximum absolute atomic E-state index is 10.1. The molecule has 0 aliphatic heterocycles. The molecule has 0 atom stereocenters. The zero-order valence-corrected chi connectivity index (χ0v) is 5.76. The molecule has 1 rings (SSSR count). The summed E-state index contributed by atoms with van der Waals surface area (Å²) in [5, 5.41) is 3.10. The summed E-state index contributed by atoms with van der Waals surface area (Å²) in [5.41, 5.74) is 0. The van der Waals surface area contributed by atoms with Crippen LogP contribution < -0.4 is 5.32 Å². The Kier molecular flexibility index (Phi) is 2.22. The Bertz CT molecular complexity index is 97.1. The van der Waals surface area contributed by atoms with Crippen LogP contribution >= 0.6 is 0 Å². The van der Waals surface area contributed by atoms with Crippen LogP contribution in [-0.4, -0.2) is 19.9 Å². The van der Waals surface area contributed by atoms with Crippen LogP contribution in [0.5, 0.6) is 0 Å². The second kappa shape index (κ2) is 2.97. The number of carbonyl (C=O) groups is 1. The van der Waals surface area contributed by atoms with E-state index in [9.17, 15) is 4.79 Å². The number of hydrogen-bond acceptors (Lipinski definition) is 2. The first-order valence-corrected chi connectivity index (χ1v) is 3.46. The molecule has 1 aliphatic rings. The van der Waals surface area contributed by atoms with Gasteiger partial charge in [-0.25, -0.2) is 0 Å². The fourth-order valence-electron chi connectivity index (χ4n) is 1.35. The van der Waals surface area contributed by atoms with Gasteiger partial charge in [-0.1, -0.05) is 0 Å². The average molecular weight is 127 g/mol. The molecule has 1 fully saturated rings. The van der Waals surface area contributed by atoms with E-state index in [1.807, 2.05) is 7.05 Å². The fourth-order valence-corrected chi connectivity index (χ4v) is 1.35. The van der Waals surface area contributed by atoms with E-state index in [2.05, 4.69) is 5.32 Å². The van der Waals surface area contributed by atoms with Crippen molar-refractivity contribution in [1.29, 1.82) is 0 Å². The van der Waals surface area contributed by atoms with Gasteiger partial charge in [-0.05, 0) is 32.4 Å². The molecule has 52 valence electrons. The molecule has 0 radical (unpaired) electrons. The van der Waals surface area contributed by atoms with Crippen molar-refractivity contribution < 1.29 is 4.79 Å². The van der Waals surface area contributed by atoms with Gasteiger partial charge < -0.3 is 10.1 Å². The van der Waals surface area contributed by atoms with Crippen LogP contribution in [0.4, 0.5) is 0 Å². The standard InChI is InChI=1S/C7H13NO/c1-8-4-6-2-7(3-6)5-9/h5-8H,2-4H2,1H3. The molecular weight excluding hydrogens is 114 g/mol. The molecule has 2 nitrogen and oxygen atoms in total.